The molecule has 1 aromatic rings. The van der Waals surface area contributed by atoms with E-state index in [0.29, 0.717) is 17.9 Å². The maximum atomic E-state index is 9.08. The molecule has 3 nitrogen and oxygen atoms in total. The highest BCUT2D eigenvalue weighted by molar-refractivity contribution is 5.64. The summed E-state index contributed by atoms with van der Waals surface area (Å²) >= 11 is 0. The first-order valence-corrected chi connectivity index (χ1v) is 5.92. The van der Waals surface area contributed by atoms with Crippen molar-refractivity contribution in [2.24, 2.45) is 0 Å². The summed E-state index contributed by atoms with van der Waals surface area (Å²) in [6.07, 6.45) is 0.925. The second-order valence-corrected chi connectivity index (χ2v) is 5.02. The number of ether oxygens (including phenoxy) is 1. The maximum absolute atomic E-state index is 9.08. The average molecular weight is 232 g/mol. The highest BCUT2D eigenvalue weighted by Crippen LogP contribution is 2.30. The molecule has 92 valence electrons. The van der Waals surface area contributed by atoms with Crippen LogP contribution < -0.4 is 10.1 Å². The minimum absolute atomic E-state index is 0.0571. The Hall–Kier alpha value is -1.69. The Balaban J connectivity index is 3.07. The van der Waals surface area contributed by atoms with Crippen LogP contribution in [0.5, 0.6) is 5.75 Å². The molecular weight excluding hydrogens is 212 g/mol. The van der Waals surface area contributed by atoms with Crippen LogP contribution in [-0.4, -0.2) is 12.1 Å². The lowest BCUT2D eigenvalue weighted by Crippen LogP contribution is -2.26. The van der Waals surface area contributed by atoms with Crippen molar-refractivity contribution >= 4 is 5.69 Å². The van der Waals surface area contributed by atoms with Gasteiger partial charge in [0.25, 0.3) is 0 Å². The molecule has 0 aromatic heterocycles. The van der Waals surface area contributed by atoms with E-state index in [0.717, 1.165) is 12.1 Å². The zero-order chi connectivity index (χ0) is 12.9. The second kappa shape index (κ2) is 5.58. The van der Waals surface area contributed by atoms with Gasteiger partial charge in [-0.05, 0) is 39.3 Å². The van der Waals surface area contributed by atoms with E-state index in [-0.39, 0.29) is 5.54 Å². The molecule has 0 aliphatic rings. The molecule has 3 heteroatoms. The zero-order valence-corrected chi connectivity index (χ0v) is 11.0. The first-order valence-electron chi connectivity index (χ1n) is 5.92. The van der Waals surface area contributed by atoms with Gasteiger partial charge in [0.05, 0.1) is 17.9 Å². The quantitative estimate of drug-likeness (QED) is 0.863. The third-order valence-corrected chi connectivity index (χ3v) is 2.10. The summed E-state index contributed by atoms with van der Waals surface area (Å²) in [6.45, 7) is 8.91. The number of hydrogen-bond acceptors (Lipinski definition) is 3. The Bertz CT molecular complexity index is 413. The van der Waals surface area contributed by atoms with Crippen LogP contribution in [0.3, 0.4) is 0 Å². The smallest absolute Gasteiger partial charge is 0.160 e. The molecule has 1 aromatic carbocycles. The summed E-state index contributed by atoms with van der Waals surface area (Å²) in [5.74, 6) is 0.659. The predicted octanol–water partition coefficient (Wildman–Crippen LogP) is 3.56. The molecular formula is C14H20N2O. The fourth-order valence-electron chi connectivity index (χ4n) is 1.49. The van der Waals surface area contributed by atoms with E-state index in [4.69, 9.17) is 10.00 Å². The Morgan fingerprint density at radius 2 is 2.06 bits per heavy atom. The predicted molar refractivity (Wildman–Crippen MR) is 70.3 cm³/mol. The topological polar surface area (TPSA) is 45.0 Å². The maximum Gasteiger partial charge on any atom is 0.160 e. The Morgan fingerprint density at radius 1 is 1.35 bits per heavy atom. The summed E-state index contributed by atoms with van der Waals surface area (Å²) in [5.41, 5.74) is 1.40. The summed E-state index contributed by atoms with van der Waals surface area (Å²) in [7, 11) is 0. The van der Waals surface area contributed by atoms with Crippen molar-refractivity contribution in [3.8, 4) is 11.8 Å². The normalized spacial score (nSPS) is 10.8. The Morgan fingerprint density at radius 3 is 2.59 bits per heavy atom. The van der Waals surface area contributed by atoms with E-state index < -0.39 is 0 Å². The van der Waals surface area contributed by atoms with Gasteiger partial charge in [-0.3, -0.25) is 0 Å². The van der Waals surface area contributed by atoms with Gasteiger partial charge in [-0.2, -0.15) is 5.26 Å². The van der Waals surface area contributed by atoms with Crippen LogP contribution in [0.1, 0.15) is 39.7 Å². The third-order valence-electron chi connectivity index (χ3n) is 2.10. The summed E-state index contributed by atoms with van der Waals surface area (Å²) in [6, 6.07) is 7.75. The molecule has 0 aliphatic carbocycles. The lowest BCUT2D eigenvalue weighted by molar-refractivity contribution is 0.317. The molecule has 1 rings (SSSR count). The van der Waals surface area contributed by atoms with Crippen molar-refractivity contribution in [1.82, 2.24) is 0 Å². The standard InChI is InChI=1S/C14H20N2O/c1-5-9-17-13-11(10-15)7-6-8-12(13)16-14(2,3)4/h6-8,16H,5,9H2,1-4H3. The number of benzene rings is 1. The molecule has 0 atom stereocenters. The highest BCUT2D eigenvalue weighted by Gasteiger charge is 2.15. The van der Waals surface area contributed by atoms with E-state index in [2.05, 4.69) is 32.2 Å². The molecule has 0 radical (unpaired) electrons. The van der Waals surface area contributed by atoms with Crippen molar-refractivity contribution in [2.75, 3.05) is 11.9 Å². The molecule has 0 spiro atoms. The Labute approximate surface area is 103 Å². The van der Waals surface area contributed by atoms with E-state index >= 15 is 0 Å². The Kier molecular flexibility index (Phi) is 4.39. The molecule has 0 heterocycles. The number of rotatable bonds is 4. The van der Waals surface area contributed by atoms with Crippen molar-refractivity contribution in [1.29, 1.82) is 5.26 Å². The van der Waals surface area contributed by atoms with Gasteiger partial charge in [-0.25, -0.2) is 0 Å². The van der Waals surface area contributed by atoms with Crippen LogP contribution >= 0.6 is 0 Å². The van der Waals surface area contributed by atoms with E-state index in [9.17, 15) is 0 Å². The van der Waals surface area contributed by atoms with E-state index in [1.165, 1.54) is 0 Å². The van der Waals surface area contributed by atoms with E-state index in [1.54, 1.807) is 6.07 Å². The largest absolute Gasteiger partial charge is 0.490 e. The van der Waals surface area contributed by atoms with Crippen LogP contribution in [0.4, 0.5) is 5.69 Å². The zero-order valence-electron chi connectivity index (χ0n) is 11.0. The van der Waals surface area contributed by atoms with Gasteiger partial charge >= 0.3 is 0 Å². The van der Waals surface area contributed by atoms with E-state index in [1.807, 2.05) is 19.1 Å². The van der Waals surface area contributed by atoms with Gasteiger partial charge in [-0.1, -0.05) is 13.0 Å². The van der Waals surface area contributed by atoms with Crippen molar-refractivity contribution < 1.29 is 4.74 Å². The average Bonchev–Trinajstić information content (AvgIpc) is 2.25. The monoisotopic (exact) mass is 232 g/mol. The molecule has 1 N–H and O–H groups in total. The first kappa shape index (κ1) is 13.4. The number of nitrogens with zero attached hydrogens (tertiary/aromatic N) is 1. The summed E-state index contributed by atoms with van der Waals surface area (Å²) in [4.78, 5) is 0. The van der Waals surface area contributed by atoms with Gasteiger partial charge in [0.2, 0.25) is 0 Å². The lowest BCUT2D eigenvalue weighted by atomic mass is 10.1. The van der Waals surface area contributed by atoms with Gasteiger partial charge < -0.3 is 10.1 Å². The molecule has 0 bridgehead atoms. The lowest BCUT2D eigenvalue weighted by Gasteiger charge is -2.24. The van der Waals surface area contributed by atoms with Gasteiger partial charge in [0.15, 0.2) is 5.75 Å². The van der Waals surface area contributed by atoms with Crippen molar-refractivity contribution in [3.05, 3.63) is 23.8 Å². The molecule has 0 aliphatic heterocycles. The van der Waals surface area contributed by atoms with Crippen LogP contribution in [0.15, 0.2) is 18.2 Å². The van der Waals surface area contributed by atoms with Gasteiger partial charge in [-0.15, -0.1) is 0 Å². The van der Waals surface area contributed by atoms with Crippen LogP contribution in [0.2, 0.25) is 0 Å². The van der Waals surface area contributed by atoms with Crippen LogP contribution in [-0.2, 0) is 0 Å². The van der Waals surface area contributed by atoms with Gasteiger partial charge in [0.1, 0.15) is 6.07 Å². The van der Waals surface area contributed by atoms with Gasteiger partial charge in [0, 0.05) is 5.54 Å². The molecule has 0 saturated carbocycles. The highest BCUT2D eigenvalue weighted by atomic mass is 16.5. The summed E-state index contributed by atoms with van der Waals surface area (Å²) in [5, 5.41) is 12.4. The fourth-order valence-corrected chi connectivity index (χ4v) is 1.49. The molecule has 0 fully saturated rings. The molecule has 0 amide bonds. The van der Waals surface area contributed by atoms with Crippen LogP contribution in [0, 0.1) is 11.3 Å². The minimum Gasteiger partial charge on any atom is -0.490 e. The van der Waals surface area contributed by atoms with Crippen molar-refractivity contribution in [2.45, 2.75) is 39.7 Å². The number of hydrogen-bond donors (Lipinski definition) is 1. The molecule has 17 heavy (non-hydrogen) atoms. The fraction of sp³-hybridized carbons (Fsp3) is 0.500. The summed E-state index contributed by atoms with van der Waals surface area (Å²) < 4.78 is 5.67. The van der Waals surface area contributed by atoms with Crippen LogP contribution in [0.25, 0.3) is 0 Å². The number of nitriles is 1. The number of para-hydroxylation sites is 1. The SMILES string of the molecule is CCCOc1c(C#N)cccc1NC(C)(C)C. The second-order valence-electron chi connectivity index (χ2n) is 5.02. The third kappa shape index (κ3) is 3.99. The molecule has 0 unspecified atom stereocenters. The molecule has 0 saturated heterocycles. The minimum atomic E-state index is -0.0571. The number of nitrogens with one attached hydrogen (secondary N) is 1. The first-order chi connectivity index (χ1) is 7.98. The van der Waals surface area contributed by atoms with Crippen molar-refractivity contribution in [3.63, 3.8) is 0 Å². The number of anilines is 1.